The number of hydrogen-bond acceptors (Lipinski definition) is 2. The van der Waals surface area contributed by atoms with Crippen molar-refractivity contribution in [2.45, 2.75) is 49.8 Å². The van der Waals surface area contributed by atoms with Crippen molar-refractivity contribution in [2.75, 3.05) is 7.05 Å². The van der Waals surface area contributed by atoms with Gasteiger partial charge >= 0.3 is 0 Å². The quantitative estimate of drug-likeness (QED) is 0.802. The highest BCUT2D eigenvalue weighted by Gasteiger charge is 2.47. The van der Waals surface area contributed by atoms with Crippen LogP contribution in [-0.2, 0) is 5.60 Å². The lowest BCUT2D eigenvalue weighted by atomic mass is 9.72. The van der Waals surface area contributed by atoms with E-state index in [1.807, 2.05) is 7.05 Å². The molecule has 0 aromatic heterocycles. The van der Waals surface area contributed by atoms with Crippen molar-refractivity contribution in [2.24, 2.45) is 0 Å². The number of aliphatic hydroxyl groups is 1. The van der Waals surface area contributed by atoms with Gasteiger partial charge in [-0.25, -0.2) is 13.2 Å². The Kier molecular flexibility index (Phi) is 3.29. The van der Waals surface area contributed by atoms with Crippen molar-refractivity contribution >= 4 is 0 Å². The molecule has 2 heterocycles. The molecule has 2 fully saturated rings. The normalized spacial score (nSPS) is 34.2. The third-order valence-electron chi connectivity index (χ3n) is 4.88. The summed E-state index contributed by atoms with van der Waals surface area (Å²) in [6.07, 6.45) is 3.35. The molecule has 1 N–H and O–H groups in total. The summed E-state index contributed by atoms with van der Waals surface area (Å²) in [5, 5.41) is 10.8. The average molecular weight is 285 g/mol. The lowest BCUT2D eigenvalue weighted by molar-refractivity contribution is -0.0912. The first-order chi connectivity index (χ1) is 9.42. The minimum absolute atomic E-state index is 0.0922. The molecule has 2 nitrogen and oxygen atoms in total. The van der Waals surface area contributed by atoms with Crippen LogP contribution in [0, 0.1) is 17.5 Å². The van der Waals surface area contributed by atoms with Gasteiger partial charge < -0.3 is 10.0 Å². The van der Waals surface area contributed by atoms with Gasteiger partial charge in [-0.3, -0.25) is 0 Å². The largest absolute Gasteiger partial charge is 0.385 e. The molecule has 0 saturated carbocycles. The van der Waals surface area contributed by atoms with E-state index in [1.165, 1.54) is 0 Å². The molecule has 2 atom stereocenters. The van der Waals surface area contributed by atoms with Gasteiger partial charge in [0.15, 0.2) is 11.6 Å². The summed E-state index contributed by atoms with van der Waals surface area (Å²) >= 11 is 0. The summed E-state index contributed by atoms with van der Waals surface area (Å²) in [6, 6.07) is 1.83. The predicted octanol–water partition coefficient (Wildman–Crippen LogP) is 2.94. The lowest BCUT2D eigenvalue weighted by Crippen LogP contribution is -2.55. The molecule has 0 radical (unpaired) electrons. The molecule has 2 bridgehead atoms. The lowest BCUT2D eigenvalue weighted by Gasteiger charge is -2.50. The predicted molar refractivity (Wildman–Crippen MR) is 68.6 cm³/mol. The summed E-state index contributed by atoms with van der Waals surface area (Å²) in [4.78, 5) is 2.17. The van der Waals surface area contributed by atoms with E-state index in [0.717, 1.165) is 31.4 Å². The molecule has 20 heavy (non-hydrogen) atoms. The van der Waals surface area contributed by atoms with Gasteiger partial charge in [-0.05, 0) is 44.9 Å². The van der Waals surface area contributed by atoms with Gasteiger partial charge in [-0.2, -0.15) is 0 Å². The molecule has 1 aromatic rings. The first kappa shape index (κ1) is 13.9. The fourth-order valence-electron chi connectivity index (χ4n) is 3.81. The third kappa shape index (κ3) is 2.04. The summed E-state index contributed by atoms with van der Waals surface area (Å²) in [6.45, 7) is 0. The SMILES string of the molecule is CN1C2CCCC1CC(O)(c1c(F)ccc(F)c1F)C2. The number of rotatable bonds is 1. The van der Waals surface area contributed by atoms with E-state index in [9.17, 15) is 18.3 Å². The van der Waals surface area contributed by atoms with E-state index >= 15 is 0 Å². The molecule has 0 spiro atoms. The standard InChI is InChI=1S/C15H18F3NO/c1-19-9-3-2-4-10(19)8-15(20,7-9)13-11(16)5-6-12(17)14(13)18/h5-6,9-10,20H,2-4,7-8H2,1H3. The van der Waals surface area contributed by atoms with Crippen molar-refractivity contribution in [3.8, 4) is 0 Å². The van der Waals surface area contributed by atoms with Crippen LogP contribution in [0.15, 0.2) is 12.1 Å². The van der Waals surface area contributed by atoms with Crippen molar-refractivity contribution < 1.29 is 18.3 Å². The van der Waals surface area contributed by atoms with E-state index in [0.29, 0.717) is 0 Å². The number of nitrogens with zero attached hydrogens (tertiary/aromatic N) is 1. The van der Waals surface area contributed by atoms with Crippen LogP contribution in [0.5, 0.6) is 0 Å². The fourth-order valence-corrected chi connectivity index (χ4v) is 3.81. The topological polar surface area (TPSA) is 23.5 Å². The summed E-state index contributed by atoms with van der Waals surface area (Å²) in [5.41, 5.74) is -2.11. The molecule has 2 aliphatic heterocycles. The monoisotopic (exact) mass is 285 g/mol. The average Bonchev–Trinajstić information content (AvgIpc) is 2.37. The Labute approximate surface area is 116 Å². The van der Waals surface area contributed by atoms with Crippen molar-refractivity contribution in [3.63, 3.8) is 0 Å². The zero-order valence-corrected chi connectivity index (χ0v) is 11.4. The Hall–Kier alpha value is -1.07. The van der Waals surface area contributed by atoms with Crippen LogP contribution >= 0.6 is 0 Å². The molecule has 3 rings (SSSR count). The second-order valence-corrected chi connectivity index (χ2v) is 6.06. The number of piperidine rings is 2. The second-order valence-electron chi connectivity index (χ2n) is 6.06. The third-order valence-corrected chi connectivity index (χ3v) is 4.88. The smallest absolute Gasteiger partial charge is 0.167 e. The highest BCUT2D eigenvalue weighted by Crippen LogP contribution is 2.45. The molecule has 5 heteroatoms. The Bertz CT molecular complexity index is 520. The number of fused-ring (bicyclic) bond motifs is 2. The minimum Gasteiger partial charge on any atom is -0.385 e. The van der Waals surface area contributed by atoms with Gasteiger partial charge in [-0.1, -0.05) is 6.42 Å². The van der Waals surface area contributed by atoms with Crippen LogP contribution in [0.25, 0.3) is 0 Å². The molecule has 2 aliphatic rings. The first-order valence-corrected chi connectivity index (χ1v) is 7.00. The Morgan fingerprint density at radius 1 is 1.10 bits per heavy atom. The minimum atomic E-state index is -1.61. The van der Waals surface area contributed by atoms with Gasteiger partial charge in [0.2, 0.25) is 0 Å². The maximum atomic E-state index is 14.0. The van der Waals surface area contributed by atoms with Gasteiger partial charge in [0.25, 0.3) is 0 Å². The van der Waals surface area contributed by atoms with E-state index < -0.39 is 28.6 Å². The van der Waals surface area contributed by atoms with Crippen LogP contribution in [0.1, 0.15) is 37.7 Å². The summed E-state index contributed by atoms with van der Waals surface area (Å²) < 4.78 is 41.3. The van der Waals surface area contributed by atoms with Gasteiger partial charge in [0.05, 0.1) is 11.2 Å². The maximum Gasteiger partial charge on any atom is 0.167 e. The Morgan fingerprint density at radius 2 is 1.65 bits per heavy atom. The molecule has 2 unspecified atom stereocenters. The van der Waals surface area contributed by atoms with Crippen molar-refractivity contribution in [1.29, 1.82) is 0 Å². The molecule has 0 aliphatic carbocycles. The number of halogens is 3. The van der Waals surface area contributed by atoms with Gasteiger partial charge in [0, 0.05) is 12.1 Å². The molecular formula is C15H18F3NO. The van der Waals surface area contributed by atoms with E-state index in [-0.39, 0.29) is 24.9 Å². The second kappa shape index (κ2) is 4.74. The zero-order valence-electron chi connectivity index (χ0n) is 11.4. The highest BCUT2D eigenvalue weighted by atomic mass is 19.2. The molecule has 2 saturated heterocycles. The first-order valence-electron chi connectivity index (χ1n) is 7.00. The fraction of sp³-hybridized carbons (Fsp3) is 0.600. The van der Waals surface area contributed by atoms with Crippen LogP contribution in [0.4, 0.5) is 13.2 Å². The van der Waals surface area contributed by atoms with Gasteiger partial charge in [-0.15, -0.1) is 0 Å². The molecule has 0 amide bonds. The zero-order chi connectivity index (χ0) is 14.5. The van der Waals surface area contributed by atoms with Crippen molar-refractivity contribution in [1.82, 2.24) is 4.90 Å². The summed E-state index contributed by atoms with van der Waals surface area (Å²) in [7, 11) is 1.98. The van der Waals surface area contributed by atoms with E-state index in [2.05, 4.69) is 4.90 Å². The Balaban J connectivity index is 2.03. The van der Waals surface area contributed by atoms with Crippen molar-refractivity contribution in [3.05, 3.63) is 35.1 Å². The van der Waals surface area contributed by atoms with E-state index in [1.54, 1.807) is 0 Å². The van der Waals surface area contributed by atoms with Crippen LogP contribution in [-0.4, -0.2) is 29.1 Å². The van der Waals surface area contributed by atoms with Crippen LogP contribution in [0.2, 0.25) is 0 Å². The molecule has 110 valence electrons. The highest BCUT2D eigenvalue weighted by molar-refractivity contribution is 5.29. The number of benzene rings is 1. The number of hydrogen-bond donors (Lipinski definition) is 1. The Morgan fingerprint density at radius 3 is 2.25 bits per heavy atom. The van der Waals surface area contributed by atoms with Crippen LogP contribution < -0.4 is 0 Å². The maximum absolute atomic E-state index is 14.0. The van der Waals surface area contributed by atoms with Gasteiger partial charge in [0.1, 0.15) is 5.82 Å². The summed E-state index contributed by atoms with van der Waals surface area (Å²) in [5.74, 6) is -3.23. The molecular weight excluding hydrogens is 267 g/mol. The molecule has 1 aromatic carbocycles. The van der Waals surface area contributed by atoms with Crippen LogP contribution in [0.3, 0.4) is 0 Å². The van der Waals surface area contributed by atoms with E-state index in [4.69, 9.17) is 0 Å².